The molecule has 0 atom stereocenters. The molecular weight excluding hydrogens is 705 g/mol. The van der Waals surface area contributed by atoms with Gasteiger partial charge in [0.15, 0.2) is 0 Å². The Kier molecular flexibility index (Phi) is 17.6. The first kappa shape index (κ1) is 40.5. The van der Waals surface area contributed by atoms with Crippen LogP contribution in [0.2, 0.25) is 0 Å². The number of hydrogen-bond donors (Lipinski definition) is 0. The van der Waals surface area contributed by atoms with Gasteiger partial charge in [-0.3, -0.25) is 4.90 Å². The van der Waals surface area contributed by atoms with Crippen LogP contribution in [0.3, 0.4) is 0 Å². The maximum atomic E-state index is 5.45. The molecule has 0 amide bonds. The molecule has 1 aliphatic heterocycles. The second-order valence-electron chi connectivity index (χ2n) is 11.4. The fourth-order valence-electron chi connectivity index (χ4n) is 6.00. The molecule has 5 aliphatic rings. The molecule has 0 spiro atoms. The van der Waals surface area contributed by atoms with E-state index < -0.39 is 7.92 Å². The van der Waals surface area contributed by atoms with Gasteiger partial charge in [-0.05, 0) is 168 Å². The molecule has 8 rings (SSSR count). The summed E-state index contributed by atoms with van der Waals surface area (Å²) >= 11 is 0. The third kappa shape index (κ3) is 11.1. The van der Waals surface area contributed by atoms with Gasteiger partial charge < -0.3 is 9.47 Å². The van der Waals surface area contributed by atoms with Crippen LogP contribution in [0, 0.1) is 126 Å². The van der Waals surface area contributed by atoms with Gasteiger partial charge in [0.05, 0.1) is 14.2 Å². The van der Waals surface area contributed by atoms with E-state index in [2.05, 4.69) is 116 Å². The minimum atomic E-state index is -0.760. The Morgan fingerprint density at radius 3 is 1.33 bits per heavy atom. The van der Waals surface area contributed by atoms with Crippen molar-refractivity contribution in [2.45, 2.75) is 6.54 Å². The van der Waals surface area contributed by atoms with Crippen LogP contribution in [-0.4, -0.2) is 32.2 Å². The van der Waals surface area contributed by atoms with E-state index in [0.29, 0.717) is 0 Å². The van der Waals surface area contributed by atoms with Gasteiger partial charge in [0.1, 0.15) is 11.5 Å². The average molecular weight is 745 g/mol. The van der Waals surface area contributed by atoms with Gasteiger partial charge in [0.25, 0.3) is 0 Å². The summed E-state index contributed by atoms with van der Waals surface area (Å²) in [5, 5.41) is 4.00. The molecule has 246 valence electrons. The number of hydrogen-bond acceptors (Lipinski definition) is 3. The summed E-state index contributed by atoms with van der Waals surface area (Å²) in [6.45, 7) is 2.80. The van der Waals surface area contributed by atoms with E-state index in [0.717, 1.165) is 31.1 Å². The smallest absolute Gasteiger partial charge is 0.497 e. The van der Waals surface area contributed by atoms with Gasteiger partial charge >= 0.3 is 34.1 Å². The molecule has 20 radical (unpaired) electrons. The van der Waals surface area contributed by atoms with Gasteiger partial charge in [-0.15, -0.1) is 0 Å². The fraction of sp³-hybridized carbons (Fsp3) is 0.116. The summed E-state index contributed by atoms with van der Waals surface area (Å²) in [4.78, 5) is 2.58. The SMILES string of the molecule is COc1ccc(P(c2ccc(OC)cc2)c2ccccc2CN2C[C]3[CH][CH][CH][C]3[C]3[CH][CH][CH][C]3C2)cc1.[CH]1[CH][CH][CH][CH]1.[CH]1[CH][CH][CH][CH]1.[Fe+2].[Fe+2]. The average Bonchev–Trinajstić information content (AvgIpc) is 3.97. The van der Waals surface area contributed by atoms with Crippen LogP contribution in [0.25, 0.3) is 0 Å². The third-order valence-corrected chi connectivity index (χ3v) is 10.8. The zero-order valence-corrected chi connectivity index (χ0v) is 30.8. The topological polar surface area (TPSA) is 21.7 Å². The second kappa shape index (κ2) is 21.3. The van der Waals surface area contributed by atoms with E-state index in [1.165, 1.54) is 45.1 Å². The molecule has 4 aliphatic carbocycles. The maximum Gasteiger partial charge on any atom is 2.00 e. The molecule has 49 heavy (non-hydrogen) atoms. The van der Waals surface area contributed by atoms with Crippen molar-refractivity contribution in [1.29, 1.82) is 0 Å². The molecule has 1 heterocycles. The number of ether oxygens (including phenoxy) is 2. The Morgan fingerprint density at radius 1 is 0.510 bits per heavy atom. The van der Waals surface area contributed by atoms with E-state index >= 15 is 0 Å². The van der Waals surface area contributed by atoms with Crippen LogP contribution in [0.4, 0.5) is 0 Å². The molecule has 0 unspecified atom stereocenters. The minimum absolute atomic E-state index is 0. The van der Waals surface area contributed by atoms with Gasteiger partial charge in [0, 0.05) is 31.5 Å². The Labute approximate surface area is 320 Å². The Hall–Kier alpha value is -1.31. The maximum absolute atomic E-state index is 5.45. The van der Waals surface area contributed by atoms with Crippen LogP contribution in [0.1, 0.15) is 5.56 Å². The molecule has 1 saturated heterocycles. The molecule has 3 aromatic carbocycles. The summed E-state index contributed by atoms with van der Waals surface area (Å²) in [6.07, 6.45) is 33.4. The zero-order chi connectivity index (χ0) is 32.3. The number of benzene rings is 3. The van der Waals surface area contributed by atoms with E-state index in [4.69, 9.17) is 9.47 Å². The molecule has 0 N–H and O–H groups in total. The first-order valence-corrected chi connectivity index (χ1v) is 17.3. The first-order valence-electron chi connectivity index (χ1n) is 15.9. The van der Waals surface area contributed by atoms with Crippen LogP contribution < -0.4 is 25.4 Å². The van der Waals surface area contributed by atoms with Gasteiger partial charge in [0.2, 0.25) is 0 Å². The quantitative estimate of drug-likeness (QED) is 0.195. The fourth-order valence-corrected chi connectivity index (χ4v) is 8.42. The predicted octanol–water partition coefficient (Wildman–Crippen LogP) is 6.87. The van der Waals surface area contributed by atoms with Crippen molar-refractivity contribution in [3.8, 4) is 11.5 Å². The Morgan fingerprint density at radius 2 is 0.918 bits per heavy atom. The largest absolute Gasteiger partial charge is 2.00 e. The van der Waals surface area contributed by atoms with E-state index in [9.17, 15) is 0 Å². The van der Waals surface area contributed by atoms with E-state index in [-0.39, 0.29) is 34.1 Å². The van der Waals surface area contributed by atoms with Crippen molar-refractivity contribution in [1.82, 2.24) is 4.90 Å². The Balaban J connectivity index is 0.000000388. The normalized spacial score (nSPS) is 19.7. The first-order chi connectivity index (χ1) is 23.2. The molecule has 4 saturated carbocycles. The summed E-state index contributed by atoms with van der Waals surface area (Å²) in [6, 6.07) is 26.1. The number of methoxy groups -OCH3 is 2. The van der Waals surface area contributed by atoms with Gasteiger partial charge in [-0.25, -0.2) is 0 Å². The van der Waals surface area contributed by atoms with Crippen molar-refractivity contribution in [2.24, 2.45) is 0 Å². The van der Waals surface area contributed by atoms with Crippen molar-refractivity contribution in [3.05, 3.63) is 205 Å². The summed E-state index contributed by atoms with van der Waals surface area (Å²) < 4.78 is 10.9. The molecule has 6 heteroatoms. The molecule has 5 fully saturated rings. The standard InChI is InChI=1S/C33H30NO2P.2C5H5.2Fe/c1-35-27-13-17-29(18-14-27)37(30-19-15-28(36-2)16-20-30)33-12-4-3-7-26(33)23-34-21-24-8-5-10-31(24)32-11-6-9-25(32)22-34;2*1-2-4-5-3-1;;/h3-20H,21-23H2,1-2H3;2*1-5H;;/q;;;2*+2. The predicted molar refractivity (Wildman–Crippen MR) is 195 cm³/mol. The van der Waals surface area contributed by atoms with Crippen LogP contribution in [0.5, 0.6) is 11.5 Å². The van der Waals surface area contributed by atoms with Crippen LogP contribution in [-0.2, 0) is 40.7 Å². The number of rotatable bonds is 7. The number of nitrogens with zero attached hydrogens (tertiary/aromatic N) is 1. The van der Waals surface area contributed by atoms with Crippen molar-refractivity contribution in [2.75, 3.05) is 27.3 Å². The number of likely N-dealkylation sites (tertiary alicyclic amines) is 1. The van der Waals surface area contributed by atoms with Crippen LogP contribution in [0.15, 0.2) is 72.8 Å². The van der Waals surface area contributed by atoms with E-state index in [1.807, 2.05) is 64.2 Å². The zero-order valence-electron chi connectivity index (χ0n) is 27.7. The summed E-state index contributed by atoms with van der Waals surface area (Å²) in [7, 11) is 2.67. The van der Waals surface area contributed by atoms with Crippen molar-refractivity contribution >= 4 is 23.8 Å². The molecule has 0 aromatic heterocycles. The monoisotopic (exact) mass is 745 g/mol. The van der Waals surface area contributed by atoms with Crippen molar-refractivity contribution in [3.63, 3.8) is 0 Å². The number of fused-ring (bicyclic) bond motifs is 3. The Bertz CT molecular complexity index is 1250. The van der Waals surface area contributed by atoms with Gasteiger partial charge in [-0.1, -0.05) is 48.5 Å². The molecular formula is C43H40Fe2NO2P+4. The molecule has 3 aromatic rings. The summed E-state index contributed by atoms with van der Waals surface area (Å²) in [5.41, 5.74) is 1.38. The molecule has 0 bridgehead atoms. The van der Waals surface area contributed by atoms with Crippen molar-refractivity contribution < 1.29 is 43.6 Å². The second-order valence-corrected chi connectivity index (χ2v) is 13.5. The molecule has 3 nitrogen and oxygen atoms in total. The van der Waals surface area contributed by atoms with E-state index in [1.54, 1.807) is 14.2 Å². The third-order valence-electron chi connectivity index (χ3n) is 8.29. The van der Waals surface area contributed by atoms with Crippen LogP contribution >= 0.6 is 7.92 Å². The minimum Gasteiger partial charge on any atom is -0.497 e. The summed E-state index contributed by atoms with van der Waals surface area (Å²) in [5.74, 6) is 7.35. The van der Waals surface area contributed by atoms with Gasteiger partial charge in [-0.2, -0.15) is 0 Å².